The minimum atomic E-state index is -0.970. The third-order valence-corrected chi connectivity index (χ3v) is 4.01. The zero-order valence-electron chi connectivity index (χ0n) is 15.6. The number of fused-ring (bicyclic) bond motifs is 1. The number of anilines is 1. The van der Waals surface area contributed by atoms with Gasteiger partial charge in [-0.25, -0.2) is 4.79 Å². The predicted molar refractivity (Wildman–Crippen MR) is 104 cm³/mol. The Labute approximate surface area is 162 Å². The SMILES string of the molecule is COc1ccccc1NC(=O)[C@H](C)OC(=O)/C=C/c1ccc2c(c1)OCCO2. The molecule has 3 rings (SSSR count). The van der Waals surface area contributed by atoms with Crippen LogP contribution >= 0.6 is 0 Å². The summed E-state index contributed by atoms with van der Waals surface area (Å²) < 4.78 is 21.3. The highest BCUT2D eigenvalue weighted by Gasteiger charge is 2.18. The van der Waals surface area contributed by atoms with Crippen molar-refractivity contribution in [3.05, 3.63) is 54.1 Å². The molecule has 7 heteroatoms. The zero-order valence-corrected chi connectivity index (χ0v) is 15.6. The van der Waals surface area contributed by atoms with Crippen LogP contribution in [0.25, 0.3) is 6.08 Å². The van der Waals surface area contributed by atoms with Gasteiger partial charge < -0.3 is 24.3 Å². The van der Waals surface area contributed by atoms with Gasteiger partial charge in [0.15, 0.2) is 17.6 Å². The van der Waals surface area contributed by atoms with Crippen LogP contribution in [-0.4, -0.2) is 38.3 Å². The van der Waals surface area contributed by atoms with Crippen molar-refractivity contribution in [1.82, 2.24) is 0 Å². The molecule has 2 aromatic carbocycles. The van der Waals surface area contributed by atoms with Crippen LogP contribution in [0.4, 0.5) is 5.69 Å². The third kappa shape index (κ3) is 4.82. The van der Waals surface area contributed by atoms with Crippen LogP contribution in [0.2, 0.25) is 0 Å². The monoisotopic (exact) mass is 383 g/mol. The van der Waals surface area contributed by atoms with E-state index in [1.165, 1.54) is 20.1 Å². The van der Waals surface area contributed by atoms with Crippen molar-refractivity contribution in [3.63, 3.8) is 0 Å². The highest BCUT2D eigenvalue weighted by Crippen LogP contribution is 2.31. The summed E-state index contributed by atoms with van der Waals surface area (Å²) in [6.45, 7) is 2.50. The lowest BCUT2D eigenvalue weighted by molar-refractivity contribution is -0.148. The number of hydrogen-bond acceptors (Lipinski definition) is 6. The Hall–Kier alpha value is -3.48. The summed E-state index contributed by atoms with van der Waals surface area (Å²) in [5.74, 6) is 0.745. The third-order valence-electron chi connectivity index (χ3n) is 4.01. The molecule has 0 saturated heterocycles. The smallest absolute Gasteiger partial charge is 0.331 e. The molecule has 1 atom stereocenters. The number of carbonyl (C=O) groups excluding carboxylic acids is 2. The van der Waals surface area contributed by atoms with Gasteiger partial charge >= 0.3 is 5.97 Å². The zero-order chi connectivity index (χ0) is 19.9. The first-order valence-corrected chi connectivity index (χ1v) is 8.79. The van der Waals surface area contributed by atoms with E-state index < -0.39 is 18.0 Å². The van der Waals surface area contributed by atoms with Gasteiger partial charge in [0.2, 0.25) is 0 Å². The van der Waals surface area contributed by atoms with Gasteiger partial charge in [0.1, 0.15) is 19.0 Å². The second-order valence-corrected chi connectivity index (χ2v) is 6.01. The summed E-state index contributed by atoms with van der Waals surface area (Å²) in [7, 11) is 1.51. The lowest BCUT2D eigenvalue weighted by atomic mass is 10.2. The average molecular weight is 383 g/mol. The molecule has 0 spiro atoms. The second kappa shape index (κ2) is 8.94. The van der Waals surface area contributed by atoms with Crippen LogP contribution < -0.4 is 19.5 Å². The number of methoxy groups -OCH3 is 1. The van der Waals surface area contributed by atoms with E-state index in [-0.39, 0.29) is 0 Å². The van der Waals surface area contributed by atoms with E-state index in [2.05, 4.69) is 5.32 Å². The first kappa shape index (κ1) is 19.3. The molecule has 0 bridgehead atoms. The van der Waals surface area contributed by atoms with E-state index in [1.54, 1.807) is 48.5 Å². The number of ether oxygens (including phenoxy) is 4. The minimum absolute atomic E-state index is 0.453. The number of nitrogens with one attached hydrogen (secondary N) is 1. The maximum absolute atomic E-state index is 12.3. The number of benzene rings is 2. The summed E-state index contributed by atoms with van der Waals surface area (Å²) >= 11 is 0. The van der Waals surface area contributed by atoms with Crippen molar-refractivity contribution < 1.29 is 28.5 Å². The molecule has 146 valence electrons. The molecule has 7 nitrogen and oxygen atoms in total. The minimum Gasteiger partial charge on any atom is -0.495 e. The van der Waals surface area contributed by atoms with Gasteiger partial charge in [0.25, 0.3) is 5.91 Å². The van der Waals surface area contributed by atoms with Crippen LogP contribution in [0.15, 0.2) is 48.5 Å². The molecule has 1 aliphatic rings. The van der Waals surface area contributed by atoms with E-state index in [0.29, 0.717) is 36.1 Å². The molecule has 1 N–H and O–H groups in total. The molecule has 1 aliphatic heterocycles. The van der Waals surface area contributed by atoms with E-state index in [0.717, 1.165) is 5.56 Å². The number of hydrogen-bond donors (Lipinski definition) is 1. The fourth-order valence-corrected chi connectivity index (χ4v) is 2.58. The Morgan fingerprint density at radius 1 is 1.11 bits per heavy atom. The lowest BCUT2D eigenvalue weighted by Gasteiger charge is -2.18. The second-order valence-electron chi connectivity index (χ2n) is 6.01. The molecule has 1 heterocycles. The molecule has 0 radical (unpaired) electrons. The van der Waals surface area contributed by atoms with Crippen molar-refractivity contribution in [2.24, 2.45) is 0 Å². The Balaban J connectivity index is 1.56. The van der Waals surface area contributed by atoms with Crippen LogP contribution in [0.5, 0.6) is 17.2 Å². The number of amides is 1. The maximum Gasteiger partial charge on any atom is 0.331 e. The Morgan fingerprint density at radius 3 is 2.64 bits per heavy atom. The van der Waals surface area contributed by atoms with Gasteiger partial charge in [0.05, 0.1) is 12.8 Å². The van der Waals surface area contributed by atoms with Crippen molar-refractivity contribution in [1.29, 1.82) is 0 Å². The Kier molecular flexibility index (Phi) is 6.16. The van der Waals surface area contributed by atoms with Crippen molar-refractivity contribution in [2.75, 3.05) is 25.6 Å². The topological polar surface area (TPSA) is 83.1 Å². The van der Waals surface area contributed by atoms with E-state index in [4.69, 9.17) is 18.9 Å². The van der Waals surface area contributed by atoms with E-state index in [9.17, 15) is 9.59 Å². The fraction of sp³-hybridized carbons (Fsp3) is 0.238. The van der Waals surface area contributed by atoms with Gasteiger partial charge in [-0.3, -0.25) is 4.79 Å². The quantitative estimate of drug-likeness (QED) is 0.610. The standard InChI is InChI=1S/C21H21NO6/c1-14(21(24)22-16-5-3-4-6-17(16)25-2)28-20(23)10-8-15-7-9-18-19(13-15)27-12-11-26-18/h3-10,13-14H,11-12H2,1-2H3,(H,22,24)/b10-8+/t14-/m0/s1. The van der Waals surface area contributed by atoms with Gasteiger partial charge in [-0.1, -0.05) is 18.2 Å². The fourth-order valence-electron chi connectivity index (χ4n) is 2.58. The number of carbonyl (C=O) groups is 2. The Bertz CT molecular complexity index is 892. The maximum atomic E-state index is 12.3. The summed E-state index contributed by atoms with van der Waals surface area (Å²) in [6, 6.07) is 12.3. The largest absolute Gasteiger partial charge is 0.495 e. The van der Waals surface area contributed by atoms with Gasteiger partial charge in [0, 0.05) is 6.08 Å². The highest BCUT2D eigenvalue weighted by molar-refractivity contribution is 5.97. The number of rotatable bonds is 6. The van der Waals surface area contributed by atoms with Crippen LogP contribution in [0, 0.1) is 0 Å². The lowest BCUT2D eigenvalue weighted by Crippen LogP contribution is -2.29. The molecular weight excluding hydrogens is 362 g/mol. The molecule has 0 unspecified atom stereocenters. The summed E-state index contributed by atoms with van der Waals surface area (Å²) in [6.07, 6.45) is 1.88. The molecule has 0 saturated carbocycles. The number of esters is 1. The average Bonchev–Trinajstić information content (AvgIpc) is 2.72. The van der Waals surface area contributed by atoms with Crippen molar-refractivity contribution in [2.45, 2.75) is 13.0 Å². The van der Waals surface area contributed by atoms with Gasteiger partial charge in [-0.15, -0.1) is 0 Å². The summed E-state index contributed by atoms with van der Waals surface area (Å²) in [4.78, 5) is 24.3. The van der Waals surface area contributed by atoms with Crippen LogP contribution in [0.1, 0.15) is 12.5 Å². The summed E-state index contributed by atoms with van der Waals surface area (Å²) in [5, 5.41) is 2.68. The van der Waals surface area contributed by atoms with Crippen molar-refractivity contribution in [3.8, 4) is 17.2 Å². The molecule has 2 aromatic rings. The predicted octanol–water partition coefficient (Wildman–Crippen LogP) is 3.05. The molecule has 0 aromatic heterocycles. The van der Waals surface area contributed by atoms with Crippen LogP contribution in [0.3, 0.4) is 0 Å². The number of para-hydroxylation sites is 2. The molecular formula is C21H21NO6. The first-order chi connectivity index (χ1) is 13.6. The molecule has 0 fully saturated rings. The highest BCUT2D eigenvalue weighted by atomic mass is 16.6. The van der Waals surface area contributed by atoms with Gasteiger partial charge in [-0.05, 0) is 42.8 Å². The van der Waals surface area contributed by atoms with Gasteiger partial charge in [-0.2, -0.15) is 0 Å². The normalized spacial score (nSPS) is 13.6. The summed E-state index contributed by atoms with van der Waals surface area (Å²) in [5.41, 5.74) is 1.26. The van der Waals surface area contributed by atoms with Crippen LogP contribution in [-0.2, 0) is 14.3 Å². The first-order valence-electron chi connectivity index (χ1n) is 8.79. The molecule has 28 heavy (non-hydrogen) atoms. The Morgan fingerprint density at radius 2 is 1.86 bits per heavy atom. The van der Waals surface area contributed by atoms with Crippen molar-refractivity contribution >= 4 is 23.6 Å². The molecule has 1 amide bonds. The van der Waals surface area contributed by atoms with E-state index in [1.807, 2.05) is 0 Å². The van der Waals surface area contributed by atoms with E-state index >= 15 is 0 Å². The molecule has 0 aliphatic carbocycles.